The summed E-state index contributed by atoms with van der Waals surface area (Å²) in [5, 5.41) is 0. The minimum atomic E-state index is -0.586. The number of hydrogen-bond donors (Lipinski definition) is 0. The van der Waals surface area contributed by atoms with Crippen molar-refractivity contribution in [1.82, 2.24) is 0 Å². The number of Topliss-reactive ketones (excluding diaryl/α,β-unsaturated/α-hetero) is 1. The average Bonchev–Trinajstić information content (AvgIpc) is 3.18. The summed E-state index contributed by atoms with van der Waals surface area (Å²) in [5.74, 6) is 1.44. The van der Waals surface area contributed by atoms with Gasteiger partial charge >= 0.3 is 5.97 Å². The molecular weight excluding hydrogens is 452 g/mol. The van der Waals surface area contributed by atoms with E-state index in [0.29, 0.717) is 45.4 Å². The zero-order valence-electron chi connectivity index (χ0n) is 20.0. The second-order valence-electron chi connectivity index (χ2n) is 7.57. The van der Waals surface area contributed by atoms with Crippen molar-refractivity contribution in [2.24, 2.45) is 0 Å². The first kappa shape index (κ1) is 23.7. The van der Waals surface area contributed by atoms with E-state index in [-0.39, 0.29) is 22.9 Å². The number of ketones is 1. The largest absolute Gasteiger partial charge is 0.496 e. The lowest BCUT2D eigenvalue weighted by molar-refractivity contribution is 0.0731. The van der Waals surface area contributed by atoms with Gasteiger partial charge in [-0.1, -0.05) is 12.1 Å². The molecule has 0 unspecified atom stereocenters. The van der Waals surface area contributed by atoms with Crippen LogP contribution in [0.3, 0.4) is 0 Å². The summed E-state index contributed by atoms with van der Waals surface area (Å²) in [7, 11) is 6.00. The van der Waals surface area contributed by atoms with Crippen molar-refractivity contribution in [2.75, 3.05) is 28.4 Å². The molecule has 0 N–H and O–H groups in total. The number of carbonyl (C=O) groups excluding carboxylic acids is 2. The number of fused-ring (bicyclic) bond motifs is 1. The number of carbonyl (C=O) groups is 2. The lowest BCUT2D eigenvalue weighted by Crippen LogP contribution is -2.10. The van der Waals surface area contributed by atoms with Gasteiger partial charge in [0.1, 0.15) is 22.8 Å². The van der Waals surface area contributed by atoms with E-state index in [2.05, 4.69) is 0 Å². The van der Waals surface area contributed by atoms with E-state index in [1.165, 1.54) is 34.5 Å². The minimum absolute atomic E-state index is 0.0989. The van der Waals surface area contributed by atoms with Gasteiger partial charge < -0.3 is 28.4 Å². The summed E-state index contributed by atoms with van der Waals surface area (Å²) in [6.45, 7) is 1.75. The molecule has 0 amide bonds. The van der Waals surface area contributed by atoms with Gasteiger partial charge in [0.15, 0.2) is 17.3 Å². The number of allylic oxidation sites excluding steroid dienone is 1. The Morgan fingerprint density at radius 2 is 1.57 bits per heavy atom. The molecule has 1 aliphatic heterocycles. The van der Waals surface area contributed by atoms with E-state index in [0.717, 1.165) is 0 Å². The van der Waals surface area contributed by atoms with Gasteiger partial charge in [-0.15, -0.1) is 0 Å². The standard InChI is InChI=1S/C27H24O8/c1-15-12-17(34-27(29)18-8-6-7-9-19(18)30-2)14-21-23(15)24(28)22(35-21)13-16-10-11-20(31-3)26(33-5)25(16)32-4/h6-14H,1-5H3/b22-13-. The molecule has 0 radical (unpaired) electrons. The van der Waals surface area contributed by atoms with E-state index in [1.807, 2.05) is 0 Å². The Kier molecular flexibility index (Phi) is 6.64. The Balaban J connectivity index is 1.66. The number of rotatable bonds is 7. The normalized spacial score (nSPS) is 13.2. The number of ether oxygens (including phenoxy) is 6. The molecule has 8 nitrogen and oxygen atoms in total. The first-order valence-corrected chi connectivity index (χ1v) is 10.6. The van der Waals surface area contributed by atoms with Gasteiger partial charge in [0, 0.05) is 11.6 Å². The monoisotopic (exact) mass is 476 g/mol. The van der Waals surface area contributed by atoms with Crippen molar-refractivity contribution in [3.8, 4) is 34.5 Å². The van der Waals surface area contributed by atoms with Crippen LogP contribution in [0, 0.1) is 6.92 Å². The van der Waals surface area contributed by atoms with Gasteiger partial charge in [-0.2, -0.15) is 0 Å². The molecule has 0 saturated heterocycles. The summed E-state index contributed by atoms with van der Waals surface area (Å²) in [5.41, 5.74) is 1.86. The van der Waals surface area contributed by atoms with Gasteiger partial charge in [0.25, 0.3) is 0 Å². The van der Waals surface area contributed by atoms with Crippen LogP contribution in [0.25, 0.3) is 6.08 Å². The molecule has 3 aromatic rings. The third-order valence-electron chi connectivity index (χ3n) is 5.50. The number of aryl methyl sites for hydroxylation is 1. The van der Waals surface area contributed by atoms with Gasteiger partial charge in [-0.3, -0.25) is 4.79 Å². The molecule has 0 aliphatic carbocycles. The fourth-order valence-corrected chi connectivity index (χ4v) is 3.89. The highest BCUT2D eigenvalue weighted by Crippen LogP contribution is 2.42. The van der Waals surface area contributed by atoms with Gasteiger partial charge in [0.2, 0.25) is 11.5 Å². The topological polar surface area (TPSA) is 89.5 Å². The summed E-state index contributed by atoms with van der Waals surface area (Å²) >= 11 is 0. The van der Waals surface area contributed by atoms with Crippen molar-refractivity contribution in [1.29, 1.82) is 0 Å². The van der Waals surface area contributed by atoms with E-state index in [9.17, 15) is 9.59 Å². The Labute approximate surface area is 202 Å². The third-order valence-corrected chi connectivity index (χ3v) is 5.50. The molecular formula is C27H24O8. The van der Waals surface area contributed by atoms with Crippen molar-refractivity contribution < 1.29 is 38.0 Å². The Bertz CT molecular complexity index is 1340. The molecule has 0 bridgehead atoms. The van der Waals surface area contributed by atoms with E-state index < -0.39 is 5.97 Å². The highest BCUT2D eigenvalue weighted by Gasteiger charge is 2.31. The maximum Gasteiger partial charge on any atom is 0.347 e. The maximum atomic E-state index is 13.1. The van der Waals surface area contributed by atoms with Gasteiger partial charge in [-0.05, 0) is 48.9 Å². The second-order valence-corrected chi connectivity index (χ2v) is 7.57. The first-order valence-electron chi connectivity index (χ1n) is 10.6. The molecule has 1 aliphatic rings. The lowest BCUT2D eigenvalue weighted by atomic mass is 10.0. The van der Waals surface area contributed by atoms with Gasteiger partial charge in [-0.25, -0.2) is 4.79 Å². The molecule has 180 valence electrons. The van der Waals surface area contributed by atoms with Crippen LogP contribution in [-0.2, 0) is 0 Å². The summed E-state index contributed by atoms with van der Waals surface area (Å²) in [6, 6.07) is 13.3. The molecule has 4 rings (SSSR count). The Morgan fingerprint density at radius 3 is 2.26 bits per heavy atom. The van der Waals surface area contributed by atoms with Crippen molar-refractivity contribution in [3.05, 3.63) is 76.5 Å². The van der Waals surface area contributed by atoms with Gasteiger partial charge in [0.05, 0.1) is 34.0 Å². The number of hydrogen-bond acceptors (Lipinski definition) is 8. The molecule has 3 aromatic carbocycles. The van der Waals surface area contributed by atoms with Crippen LogP contribution < -0.4 is 28.4 Å². The van der Waals surface area contributed by atoms with Crippen LogP contribution in [0.15, 0.2) is 54.3 Å². The number of esters is 1. The highest BCUT2D eigenvalue weighted by molar-refractivity contribution is 6.15. The molecule has 35 heavy (non-hydrogen) atoms. The van der Waals surface area contributed by atoms with Crippen LogP contribution in [0.4, 0.5) is 0 Å². The molecule has 0 aromatic heterocycles. The zero-order chi connectivity index (χ0) is 25.1. The SMILES string of the molecule is COc1ccccc1C(=O)Oc1cc(C)c2c(c1)O/C(=C\c1ccc(OC)c(OC)c1OC)C2=O. The van der Waals surface area contributed by atoms with Crippen LogP contribution in [-0.4, -0.2) is 40.2 Å². The minimum Gasteiger partial charge on any atom is -0.496 e. The molecule has 0 atom stereocenters. The fraction of sp³-hybridized carbons (Fsp3) is 0.185. The molecule has 1 heterocycles. The van der Waals surface area contributed by atoms with E-state index in [1.54, 1.807) is 55.5 Å². The van der Waals surface area contributed by atoms with Crippen LogP contribution in [0.2, 0.25) is 0 Å². The lowest BCUT2D eigenvalue weighted by Gasteiger charge is -2.14. The summed E-state index contributed by atoms with van der Waals surface area (Å²) in [4.78, 5) is 25.8. The van der Waals surface area contributed by atoms with Crippen molar-refractivity contribution in [3.63, 3.8) is 0 Å². The molecule has 0 spiro atoms. The quantitative estimate of drug-likeness (QED) is 0.271. The predicted octanol–water partition coefficient (Wildman–Crippen LogP) is 4.86. The fourth-order valence-electron chi connectivity index (χ4n) is 3.89. The molecule has 8 heteroatoms. The van der Waals surface area contributed by atoms with E-state index in [4.69, 9.17) is 28.4 Å². The van der Waals surface area contributed by atoms with Crippen LogP contribution in [0.5, 0.6) is 34.5 Å². The van der Waals surface area contributed by atoms with Crippen molar-refractivity contribution >= 4 is 17.8 Å². The summed E-state index contributed by atoms with van der Waals surface area (Å²) in [6.07, 6.45) is 1.57. The van der Waals surface area contributed by atoms with E-state index >= 15 is 0 Å². The number of methoxy groups -OCH3 is 4. The highest BCUT2D eigenvalue weighted by atomic mass is 16.5. The number of benzene rings is 3. The van der Waals surface area contributed by atoms with Crippen LogP contribution in [0.1, 0.15) is 31.8 Å². The second kappa shape index (κ2) is 9.80. The van der Waals surface area contributed by atoms with Crippen molar-refractivity contribution in [2.45, 2.75) is 6.92 Å². The maximum absolute atomic E-state index is 13.1. The Hall–Kier alpha value is -4.46. The first-order chi connectivity index (χ1) is 16.9. The third kappa shape index (κ3) is 4.38. The molecule has 0 fully saturated rings. The Morgan fingerprint density at radius 1 is 0.857 bits per heavy atom. The zero-order valence-corrected chi connectivity index (χ0v) is 20.0. The smallest absolute Gasteiger partial charge is 0.347 e. The number of para-hydroxylation sites is 1. The molecule has 0 saturated carbocycles. The average molecular weight is 476 g/mol. The summed E-state index contributed by atoms with van der Waals surface area (Å²) < 4.78 is 32.9. The predicted molar refractivity (Wildman–Crippen MR) is 128 cm³/mol. The van der Waals surface area contributed by atoms with Crippen LogP contribution >= 0.6 is 0 Å².